The topological polar surface area (TPSA) is 30.8 Å². The number of aryl methyl sites for hydroxylation is 1. The number of halogens is 1. The molecule has 0 aromatic heterocycles. The van der Waals surface area contributed by atoms with Crippen LogP contribution in [0.2, 0.25) is 0 Å². The summed E-state index contributed by atoms with van der Waals surface area (Å²) in [6, 6.07) is 2.13. The molecule has 0 unspecified atom stereocenters. The molecule has 0 bridgehead atoms. The average Bonchev–Trinajstić information content (AvgIpc) is 2.34. The summed E-state index contributed by atoms with van der Waals surface area (Å²) >= 11 is 3.43. The molecule has 0 fully saturated rings. The fourth-order valence-corrected chi connectivity index (χ4v) is 3.50. The van der Waals surface area contributed by atoms with Gasteiger partial charge in [0, 0.05) is 16.9 Å². The van der Waals surface area contributed by atoms with E-state index in [1.807, 2.05) is 0 Å². The number of fused-ring (bicyclic) bond motifs is 1. The van der Waals surface area contributed by atoms with Crippen LogP contribution in [0.25, 0.3) is 0 Å². The van der Waals surface area contributed by atoms with E-state index in [2.05, 4.69) is 39.9 Å². The molecule has 92 valence electrons. The number of rotatable bonds is 2. The molecule has 0 saturated carbocycles. The summed E-state index contributed by atoms with van der Waals surface area (Å²) < 4.78 is 5.75. The van der Waals surface area contributed by atoms with E-state index < -0.39 is 0 Å². The smallest absolute Gasteiger partial charge is 0.131 e. The maximum absolute atomic E-state index is 5.75. The molecule has 0 N–H and O–H groups in total. The molecule has 1 aliphatic rings. The van der Waals surface area contributed by atoms with Crippen molar-refractivity contribution >= 4 is 30.7 Å². The number of ether oxygens (including phenoxy) is 1. The highest BCUT2D eigenvalue weighted by atomic mass is 79.9. The minimum absolute atomic E-state index is 0.663. The minimum atomic E-state index is 0.663. The van der Waals surface area contributed by atoms with Crippen LogP contribution >= 0.6 is 25.0 Å². The molecule has 5 heteroatoms. The summed E-state index contributed by atoms with van der Waals surface area (Å²) in [5.41, 5.74) is 4.37. The summed E-state index contributed by atoms with van der Waals surface area (Å²) in [6.07, 6.45) is 0.789. The second kappa shape index (κ2) is 5.31. The predicted molar refractivity (Wildman–Crippen MR) is 74.4 cm³/mol. The molecular formula is C12H14BrNO2S. The number of oxime groups is 1. The van der Waals surface area contributed by atoms with Gasteiger partial charge in [-0.3, -0.25) is 0 Å². The Hall–Kier alpha value is -0.680. The molecule has 0 saturated heterocycles. The van der Waals surface area contributed by atoms with Gasteiger partial charge in [-0.1, -0.05) is 5.16 Å². The normalized spacial score (nSPS) is 16.6. The molecule has 0 aliphatic carbocycles. The van der Waals surface area contributed by atoms with Crippen LogP contribution in [-0.2, 0) is 4.84 Å². The van der Waals surface area contributed by atoms with E-state index in [1.165, 1.54) is 10.5 Å². The van der Waals surface area contributed by atoms with Crippen molar-refractivity contribution < 1.29 is 9.57 Å². The van der Waals surface area contributed by atoms with Crippen molar-refractivity contribution in [3.05, 3.63) is 22.8 Å². The van der Waals surface area contributed by atoms with Gasteiger partial charge in [0.05, 0.1) is 12.3 Å². The molecule has 1 heterocycles. The third-order valence-corrected chi connectivity index (χ3v) is 4.47. The molecule has 0 radical (unpaired) electrons. The summed E-state index contributed by atoms with van der Waals surface area (Å²) in [6.45, 7) is 4.80. The Labute approximate surface area is 113 Å². The lowest BCUT2D eigenvalue weighted by Gasteiger charge is -2.23. The highest BCUT2D eigenvalue weighted by molar-refractivity contribution is 9.50. The van der Waals surface area contributed by atoms with Gasteiger partial charge in [0.15, 0.2) is 0 Å². The van der Waals surface area contributed by atoms with Gasteiger partial charge in [0.2, 0.25) is 0 Å². The molecule has 0 atom stereocenters. The average molecular weight is 316 g/mol. The molecule has 3 nitrogen and oxygen atoms in total. The first-order chi connectivity index (χ1) is 8.19. The van der Waals surface area contributed by atoms with Crippen molar-refractivity contribution in [2.45, 2.75) is 25.2 Å². The van der Waals surface area contributed by atoms with Crippen molar-refractivity contribution in [1.29, 1.82) is 0 Å². The SMILES string of the molecule is CON=C1CCOc2c(C)cc(SBr)c(C)c21. The van der Waals surface area contributed by atoms with Gasteiger partial charge in [-0.2, -0.15) is 0 Å². The maximum Gasteiger partial charge on any atom is 0.131 e. The molecule has 17 heavy (non-hydrogen) atoms. The minimum Gasteiger partial charge on any atom is -0.492 e. The first-order valence-electron chi connectivity index (χ1n) is 5.35. The van der Waals surface area contributed by atoms with Gasteiger partial charge in [0.1, 0.15) is 12.9 Å². The van der Waals surface area contributed by atoms with Crippen LogP contribution < -0.4 is 4.74 Å². The zero-order valence-electron chi connectivity index (χ0n) is 10.0. The van der Waals surface area contributed by atoms with Gasteiger partial charge >= 0.3 is 0 Å². The van der Waals surface area contributed by atoms with Crippen molar-refractivity contribution in [3.8, 4) is 5.75 Å². The van der Waals surface area contributed by atoms with Crippen LogP contribution in [0.5, 0.6) is 5.75 Å². The highest BCUT2D eigenvalue weighted by Crippen LogP contribution is 2.39. The van der Waals surface area contributed by atoms with E-state index in [0.29, 0.717) is 6.61 Å². The predicted octanol–water partition coefficient (Wildman–Crippen LogP) is 3.84. The Kier molecular flexibility index (Phi) is 3.99. The molecule has 0 amide bonds. The lowest BCUT2D eigenvalue weighted by molar-refractivity contribution is 0.210. The Morgan fingerprint density at radius 1 is 1.47 bits per heavy atom. The summed E-state index contributed by atoms with van der Waals surface area (Å²) in [7, 11) is 3.14. The van der Waals surface area contributed by atoms with Gasteiger partial charge in [0.25, 0.3) is 0 Å². The van der Waals surface area contributed by atoms with Crippen LogP contribution in [0, 0.1) is 13.8 Å². The van der Waals surface area contributed by atoms with Crippen molar-refractivity contribution in [3.63, 3.8) is 0 Å². The van der Waals surface area contributed by atoms with Crippen molar-refractivity contribution in [1.82, 2.24) is 0 Å². The first-order valence-corrected chi connectivity index (χ1v) is 8.01. The monoisotopic (exact) mass is 315 g/mol. The number of nitrogens with zero attached hydrogens (tertiary/aromatic N) is 1. The lowest BCUT2D eigenvalue weighted by Crippen LogP contribution is -2.19. The van der Waals surface area contributed by atoms with Gasteiger partial charge < -0.3 is 9.57 Å². The first kappa shape index (κ1) is 12.8. The van der Waals surface area contributed by atoms with Gasteiger partial charge in [-0.05, 0) is 56.0 Å². The second-order valence-electron chi connectivity index (χ2n) is 3.92. The Morgan fingerprint density at radius 3 is 2.88 bits per heavy atom. The van der Waals surface area contributed by atoms with E-state index in [4.69, 9.17) is 9.57 Å². The van der Waals surface area contributed by atoms with E-state index in [1.54, 1.807) is 17.3 Å². The second-order valence-corrected chi connectivity index (χ2v) is 5.48. The van der Waals surface area contributed by atoms with Crippen LogP contribution in [-0.4, -0.2) is 19.4 Å². The van der Waals surface area contributed by atoms with Crippen LogP contribution in [0.3, 0.4) is 0 Å². The molecule has 1 aromatic carbocycles. The fraction of sp³-hybridized carbons (Fsp3) is 0.417. The van der Waals surface area contributed by atoms with Crippen molar-refractivity contribution in [2.24, 2.45) is 5.16 Å². The Bertz CT molecular complexity index is 474. The van der Waals surface area contributed by atoms with Crippen LogP contribution in [0.15, 0.2) is 16.1 Å². The largest absolute Gasteiger partial charge is 0.492 e. The van der Waals surface area contributed by atoms with E-state index in [-0.39, 0.29) is 0 Å². The quantitative estimate of drug-likeness (QED) is 0.777. The van der Waals surface area contributed by atoms with Crippen molar-refractivity contribution in [2.75, 3.05) is 13.7 Å². The molecule has 2 rings (SSSR count). The van der Waals surface area contributed by atoms with E-state index >= 15 is 0 Å². The van der Waals surface area contributed by atoms with Crippen LogP contribution in [0.1, 0.15) is 23.1 Å². The molecule has 1 aromatic rings. The molecule has 0 spiro atoms. The highest BCUT2D eigenvalue weighted by Gasteiger charge is 2.23. The zero-order chi connectivity index (χ0) is 12.4. The zero-order valence-corrected chi connectivity index (χ0v) is 12.4. The Balaban J connectivity index is 2.66. The molecular weight excluding hydrogens is 302 g/mol. The number of hydrogen-bond donors (Lipinski definition) is 0. The van der Waals surface area contributed by atoms with Gasteiger partial charge in [-0.15, -0.1) is 0 Å². The number of benzene rings is 1. The van der Waals surface area contributed by atoms with E-state index in [9.17, 15) is 0 Å². The number of hydrogen-bond acceptors (Lipinski definition) is 4. The Morgan fingerprint density at radius 2 is 2.24 bits per heavy atom. The fourth-order valence-electron chi connectivity index (χ4n) is 2.05. The lowest BCUT2D eigenvalue weighted by atomic mass is 9.96. The van der Waals surface area contributed by atoms with Gasteiger partial charge in [-0.25, -0.2) is 0 Å². The standard InChI is InChI=1S/C12H14BrNO2S/c1-7-6-10(17-13)8(2)11-9(14-15-3)4-5-16-12(7)11/h6H,4-5H2,1-3H3. The van der Waals surface area contributed by atoms with E-state index in [0.717, 1.165) is 29.0 Å². The molecule has 1 aliphatic heterocycles. The summed E-state index contributed by atoms with van der Waals surface area (Å²) in [5, 5.41) is 4.11. The summed E-state index contributed by atoms with van der Waals surface area (Å²) in [4.78, 5) is 6.11. The summed E-state index contributed by atoms with van der Waals surface area (Å²) in [5.74, 6) is 0.940. The third kappa shape index (κ3) is 2.31. The third-order valence-electron chi connectivity index (χ3n) is 2.84. The van der Waals surface area contributed by atoms with Crippen LogP contribution in [0.4, 0.5) is 0 Å². The maximum atomic E-state index is 5.75.